The number of nitrogens with zero attached hydrogens (tertiary/aromatic N) is 2. The fraction of sp³-hybridized carbons (Fsp3) is 0.150. The van der Waals surface area contributed by atoms with Crippen LogP contribution >= 0.6 is 27.3 Å². The summed E-state index contributed by atoms with van der Waals surface area (Å²) in [5.74, 6) is -0.523. The van der Waals surface area contributed by atoms with Crippen molar-refractivity contribution in [2.75, 3.05) is 10.0 Å². The van der Waals surface area contributed by atoms with Gasteiger partial charge in [-0.05, 0) is 32.0 Å². The molecule has 0 unspecified atom stereocenters. The Morgan fingerprint density at radius 2 is 1.90 bits per heavy atom. The molecule has 0 fully saturated rings. The van der Waals surface area contributed by atoms with Gasteiger partial charge in [0.25, 0.3) is 5.91 Å². The fourth-order valence-electron chi connectivity index (χ4n) is 2.40. The highest BCUT2D eigenvalue weighted by atomic mass is 79.9. The Hall–Kier alpha value is -2.74. The molecule has 1 amide bonds. The summed E-state index contributed by atoms with van der Waals surface area (Å²) in [6.07, 6.45) is 0. The molecule has 0 saturated heterocycles. The van der Waals surface area contributed by atoms with Crippen molar-refractivity contribution in [2.24, 2.45) is 0 Å². The van der Waals surface area contributed by atoms with Crippen LogP contribution in [0.5, 0.6) is 0 Å². The second-order valence-electron chi connectivity index (χ2n) is 6.54. The molecule has 7 nitrogen and oxygen atoms in total. The van der Waals surface area contributed by atoms with Crippen molar-refractivity contribution < 1.29 is 13.2 Å². The van der Waals surface area contributed by atoms with Gasteiger partial charge in [-0.25, -0.2) is 18.2 Å². The zero-order valence-electron chi connectivity index (χ0n) is 16.0. The van der Waals surface area contributed by atoms with Crippen LogP contribution < -0.4 is 10.0 Å². The summed E-state index contributed by atoms with van der Waals surface area (Å²) in [6.45, 7) is 10.2. The van der Waals surface area contributed by atoms with Crippen LogP contribution in [-0.2, 0) is 10.0 Å². The van der Waals surface area contributed by atoms with E-state index in [1.807, 2.05) is 29.6 Å². The number of rotatable bonds is 6. The SMILES string of the molecule is [C-]#[N+]c1ccc(C(=O)Nc2nc(-c3ccc(Br)cc3)cs2)c(NS(=O)(=O)C(C)C)c1. The van der Waals surface area contributed by atoms with E-state index in [4.69, 9.17) is 6.57 Å². The monoisotopic (exact) mass is 504 g/mol. The Morgan fingerprint density at radius 3 is 2.53 bits per heavy atom. The number of aromatic nitrogens is 1. The van der Waals surface area contributed by atoms with Crippen LogP contribution in [0, 0.1) is 6.57 Å². The Balaban J connectivity index is 1.87. The molecule has 0 aliphatic heterocycles. The molecule has 30 heavy (non-hydrogen) atoms. The van der Waals surface area contributed by atoms with Crippen molar-refractivity contribution in [2.45, 2.75) is 19.1 Å². The molecule has 0 aliphatic carbocycles. The number of thiazole rings is 1. The van der Waals surface area contributed by atoms with Crippen LogP contribution in [0.1, 0.15) is 24.2 Å². The van der Waals surface area contributed by atoms with Crippen LogP contribution in [0.2, 0.25) is 0 Å². The normalized spacial score (nSPS) is 11.2. The van der Waals surface area contributed by atoms with Crippen LogP contribution in [-0.4, -0.2) is 24.6 Å². The van der Waals surface area contributed by atoms with Crippen LogP contribution in [0.3, 0.4) is 0 Å². The van der Waals surface area contributed by atoms with Crippen LogP contribution in [0.25, 0.3) is 16.1 Å². The fourth-order valence-corrected chi connectivity index (χ4v) is 4.09. The minimum Gasteiger partial charge on any atom is -0.298 e. The standard InChI is InChI=1S/C20H17BrN4O3S2/c1-12(2)30(27,28)25-17-10-15(22-3)8-9-16(17)19(26)24-20-23-18(11-29-20)13-4-6-14(21)7-5-13/h4-12,25H,1-2H3,(H,23,24,26). The summed E-state index contributed by atoms with van der Waals surface area (Å²) in [5.41, 5.74) is 2.00. The largest absolute Gasteiger partial charge is 0.298 e. The number of anilines is 2. The van der Waals surface area contributed by atoms with Crippen molar-refractivity contribution in [3.63, 3.8) is 0 Å². The molecule has 0 saturated carbocycles. The molecule has 0 aliphatic rings. The minimum atomic E-state index is -3.69. The summed E-state index contributed by atoms with van der Waals surface area (Å²) in [7, 11) is -3.69. The van der Waals surface area contributed by atoms with Gasteiger partial charge in [-0.3, -0.25) is 14.8 Å². The molecule has 0 atom stereocenters. The van der Waals surface area contributed by atoms with Crippen molar-refractivity contribution >= 4 is 59.7 Å². The maximum absolute atomic E-state index is 12.8. The van der Waals surface area contributed by atoms with Gasteiger partial charge in [-0.2, -0.15) is 0 Å². The van der Waals surface area contributed by atoms with E-state index in [2.05, 4.69) is 35.8 Å². The van der Waals surface area contributed by atoms with Gasteiger partial charge in [0.2, 0.25) is 10.0 Å². The average molecular weight is 505 g/mol. The van der Waals surface area contributed by atoms with Gasteiger partial charge in [0.05, 0.1) is 28.8 Å². The third kappa shape index (κ3) is 5.05. The number of halogens is 1. The van der Waals surface area contributed by atoms with E-state index >= 15 is 0 Å². The van der Waals surface area contributed by atoms with E-state index in [1.54, 1.807) is 0 Å². The smallest absolute Gasteiger partial charge is 0.259 e. The first-order chi connectivity index (χ1) is 14.2. The lowest BCUT2D eigenvalue weighted by Crippen LogP contribution is -2.24. The number of nitrogens with one attached hydrogen (secondary N) is 2. The topological polar surface area (TPSA) is 92.5 Å². The van der Waals surface area contributed by atoms with E-state index in [0.29, 0.717) is 10.8 Å². The summed E-state index contributed by atoms with van der Waals surface area (Å²) in [5, 5.41) is 4.20. The van der Waals surface area contributed by atoms with Crippen LogP contribution in [0.4, 0.5) is 16.5 Å². The minimum absolute atomic E-state index is 0.0550. The molecule has 10 heteroatoms. The van der Waals surface area contributed by atoms with E-state index in [9.17, 15) is 13.2 Å². The summed E-state index contributed by atoms with van der Waals surface area (Å²) in [6, 6.07) is 11.8. The number of carbonyl (C=O) groups is 1. The van der Waals surface area contributed by atoms with E-state index in [0.717, 1.165) is 10.0 Å². The lowest BCUT2D eigenvalue weighted by Gasteiger charge is -2.14. The highest BCUT2D eigenvalue weighted by Crippen LogP contribution is 2.29. The van der Waals surface area contributed by atoms with Gasteiger partial charge in [-0.1, -0.05) is 40.2 Å². The third-order valence-electron chi connectivity index (χ3n) is 4.11. The van der Waals surface area contributed by atoms with Gasteiger partial charge in [0.1, 0.15) is 0 Å². The number of carbonyl (C=O) groups excluding carboxylic acids is 1. The van der Waals surface area contributed by atoms with Crippen molar-refractivity contribution in [1.82, 2.24) is 4.98 Å². The van der Waals surface area contributed by atoms with Crippen molar-refractivity contribution in [3.05, 3.63) is 69.3 Å². The molecule has 0 spiro atoms. The van der Waals surface area contributed by atoms with Gasteiger partial charge < -0.3 is 0 Å². The van der Waals surface area contributed by atoms with Gasteiger partial charge in [-0.15, -0.1) is 11.3 Å². The van der Waals surface area contributed by atoms with Gasteiger partial charge >= 0.3 is 0 Å². The van der Waals surface area contributed by atoms with Gasteiger partial charge in [0, 0.05) is 15.4 Å². The van der Waals surface area contributed by atoms with E-state index in [1.165, 1.54) is 43.4 Å². The van der Waals surface area contributed by atoms with E-state index < -0.39 is 21.2 Å². The highest BCUT2D eigenvalue weighted by Gasteiger charge is 2.21. The zero-order valence-corrected chi connectivity index (χ0v) is 19.2. The molecule has 3 rings (SSSR count). The first-order valence-electron chi connectivity index (χ1n) is 8.75. The predicted molar refractivity (Wildman–Crippen MR) is 124 cm³/mol. The molecule has 1 aromatic heterocycles. The van der Waals surface area contributed by atoms with Crippen molar-refractivity contribution in [3.8, 4) is 11.3 Å². The number of benzene rings is 2. The molecule has 154 valence electrons. The Labute approximate surface area is 187 Å². The maximum Gasteiger partial charge on any atom is 0.259 e. The molecular weight excluding hydrogens is 488 g/mol. The third-order valence-corrected chi connectivity index (χ3v) is 7.15. The quantitative estimate of drug-likeness (QED) is 0.431. The number of hydrogen-bond acceptors (Lipinski definition) is 5. The molecule has 0 bridgehead atoms. The molecule has 2 aromatic carbocycles. The number of sulfonamides is 1. The molecular formula is C20H17BrN4O3S2. The Bertz CT molecular complexity index is 1230. The highest BCUT2D eigenvalue weighted by molar-refractivity contribution is 9.10. The first kappa shape index (κ1) is 22.0. The molecule has 3 aromatic rings. The second kappa shape index (κ2) is 8.95. The predicted octanol–water partition coefficient (Wildman–Crippen LogP) is 5.53. The lowest BCUT2D eigenvalue weighted by atomic mass is 10.1. The molecule has 1 heterocycles. The molecule has 2 N–H and O–H groups in total. The first-order valence-corrected chi connectivity index (χ1v) is 12.0. The second-order valence-corrected chi connectivity index (χ2v) is 10.5. The van der Waals surface area contributed by atoms with Crippen LogP contribution in [0.15, 0.2) is 52.3 Å². The van der Waals surface area contributed by atoms with Gasteiger partial charge in [0.15, 0.2) is 10.8 Å². The maximum atomic E-state index is 12.8. The number of hydrogen-bond donors (Lipinski definition) is 2. The Kier molecular flexibility index (Phi) is 6.55. The molecule has 0 radical (unpaired) electrons. The average Bonchev–Trinajstić information content (AvgIpc) is 3.16. The summed E-state index contributed by atoms with van der Waals surface area (Å²) < 4.78 is 27.9. The zero-order chi connectivity index (χ0) is 21.9. The van der Waals surface area contributed by atoms with Crippen molar-refractivity contribution in [1.29, 1.82) is 0 Å². The van der Waals surface area contributed by atoms with E-state index in [-0.39, 0.29) is 16.9 Å². The lowest BCUT2D eigenvalue weighted by molar-refractivity contribution is 0.102. The summed E-state index contributed by atoms with van der Waals surface area (Å²) >= 11 is 4.65. The Morgan fingerprint density at radius 1 is 1.20 bits per heavy atom. The number of amides is 1. The summed E-state index contributed by atoms with van der Waals surface area (Å²) in [4.78, 5) is 20.5.